The van der Waals surface area contributed by atoms with Crippen LogP contribution in [0.25, 0.3) is 0 Å². The summed E-state index contributed by atoms with van der Waals surface area (Å²) in [6.07, 6.45) is 0.852. The average molecular weight is 388 g/mol. The fourth-order valence-electron chi connectivity index (χ4n) is 3.25. The minimum atomic E-state index is -3.41. The quantitative estimate of drug-likeness (QED) is 0.870. The number of ether oxygens (including phenoxy) is 1. The number of aryl methyl sites for hydroxylation is 1. The Balaban J connectivity index is 1.61. The minimum Gasteiger partial charge on any atom is -0.497 e. The van der Waals surface area contributed by atoms with Gasteiger partial charge in [0.25, 0.3) is 0 Å². The van der Waals surface area contributed by atoms with Crippen LogP contribution in [0.1, 0.15) is 18.4 Å². The first-order valence-corrected chi connectivity index (χ1v) is 10.5. The molecule has 0 unspecified atom stereocenters. The maximum absolute atomic E-state index is 12.8. The predicted octanol–water partition coefficient (Wildman–Crippen LogP) is 3.47. The maximum Gasteiger partial charge on any atom is 0.321 e. The van der Waals surface area contributed by atoms with E-state index in [0.717, 1.165) is 11.3 Å². The highest BCUT2D eigenvalue weighted by Gasteiger charge is 2.32. The Kier molecular flexibility index (Phi) is 5.70. The summed E-state index contributed by atoms with van der Waals surface area (Å²) >= 11 is 0. The van der Waals surface area contributed by atoms with Gasteiger partial charge < -0.3 is 15.0 Å². The molecule has 0 saturated carbocycles. The summed E-state index contributed by atoms with van der Waals surface area (Å²) < 4.78 is 30.7. The van der Waals surface area contributed by atoms with Gasteiger partial charge in [0.2, 0.25) is 0 Å². The Morgan fingerprint density at radius 1 is 1.11 bits per heavy atom. The number of likely N-dealkylation sites (tertiary alicyclic amines) is 1. The number of urea groups is 1. The van der Waals surface area contributed by atoms with Crippen molar-refractivity contribution in [2.45, 2.75) is 29.9 Å². The van der Waals surface area contributed by atoms with Crippen molar-refractivity contribution < 1.29 is 17.9 Å². The molecule has 1 aliphatic heterocycles. The zero-order chi connectivity index (χ0) is 19.4. The Morgan fingerprint density at radius 2 is 1.78 bits per heavy atom. The van der Waals surface area contributed by atoms with Crippen LogP contribution in [0.5, 0.6) is 5.75 Å². The fraction of sp³-hybridized carbons (Fsp3) is 0.350. The van der Waals surface area contributed by atoms with E-state index in [1.165, 1.54) is 0 Å². The summed E-state index contributed by atoms with van der Waals surface area (Å²) in [5.74, 6) is 0.622. The molecular formula is C20H24N2O4S. The van der Waals surface area contributed by atoms with Gasteiger partial charge in [0, 0.05) is 18.8 Å². The van der Waals surface area contributed by atoms with E-state index in [9.17, 15) is 13.2 Å². The molecule has 3 rings (SSSR count). The molecule has 1 saturated heterocycles. The van der Waals surface area contributed by atoms with Crippen molar-refractivity contribution in [3.63, 3.8) is 0 Å². The van der Waals surface area contributed by atoms with E-state index in [1.54, 1.807) is 36.3 Å². The molecule has 0 radical (unpaired) electrons. The van der Waals surface area contributed by atoms with Gasteiger partial charge in [0.05, 0.1) is 17.3 Å². The molecule has 2 aromatic carbocycles. The first-order valence-electron chi connectivity index (χ1n) is 8.90. The lowest BCUT2D eigenvalue weighted by atomic mass is 10.1. The molecule has 0 bridgehead atoms. The van der Waals surface area contributed by atoms with Crippen molar-refractivity contribution in [3.05, 3.63) is 54.1 Å². The third kappa shape index (κ3) is 4.42. The summed E-state index contributed by atoms with van der Waals surface area (Å²) in [6.45, 7) is 2.79. The monoisotopic (exact) mass is 388 g/mol. The van der Waals surface area contributed by atoms with Crippen LogP contribution < -0.4 is 10.1 Å². The number of anilines is 1. The predicted molar refractivity (Wildman–Crippen MR) is 105 cm³/mol. The Bertz CT molecular complexity index is 902. The number of rotatable bonds is 4. The number of amides is 2. The molecule has 2 aromatic rings. The second-order valence-electron chi connectivity index (χ2n) is 6.71. The topological polar surface area (TPSA) is 75.7 Å². The number of nitrogens with zero attached hydrogens (tertiary/aromatic N) is 1. The first-order chi connectivity index (χ1) is 12.9. The third-order valence-corrected chi connectivity index (χ3v) is 7.10. The molecule has 6 nitrogen and oxygen atoms in total. The fourth-order valence-corrected chi connectivity index (χ4v) is 4.98. The van der Waals surface area contributed by atoms with E-state index in [2.05, 4.69) is 5.32 Å². The van der Waals surface area contributed by atoms with E-state index < -0.39 is 15.1 Å². The molecule has 144 valence electrons. The Labute approximate surface area is 160 Å². The van der Waals surface area contributed by atoms with Crippen molar-refractivity contribution >= 4 is 21.6 Å². The summed E-state index contributed by atoms with van der Waals surface area (Å²) in [6, 6.07) is 13.8. The lowest BCUT2D eigenvalue weighted by molar-refractivity contribution is 0.200. The molecule has 0 spiro atoms. The van der Waals surface area contributed by atoms with Gasteiger partial charge in [-0.15, -0.1) is 0 Å². The molecule has 1 N–H and O–H groups in total. The number of nitrogens with one attached hydrogen (secondary N) is 1. The first kappa shape index (κ1) is 19.2. The lowest BCUT2D eigenvalue weighted by Crippen LogP contribution is -2.44. The van der Waals surface area contributed by atoms with Crippen molar-refractivity contribution in [3.8, 4) is 5.75 Å². The standard InChI is InChI=1S/C20H24N2O4S/c1-15-4-3-5-16(14-15)21-20(23)22-12-10-19(11-13-22)27(24,25)18-8-6-17(26-2)7-9-18/h3-9,14,19H,10-13H2,1-2H3,(H,21,23). The normalized spacial score (nSPS) is 15.4. The largest absolute Gasteiger partial charge is 0.497 e. The number of carbonyl (C=O) groups excluding carboxylic acids is 1. The van der Waals surface area contributed by atoms with Gasteiger partial charge in [-0.3, -0.25) is 0 Å². The van der Waals surface area contributed by atoms with Crippen LogP contribution in [-0.2, 0) is 9.84 Å². The van der Waals surface area contributed by atoms with Gasteiger partial charge in [-0.1, -0.05) is 12.1 Å². The Morgan fingerprint density at radius 3 is 2.37 bits per heavy atom. The van der Waals surface area contributed by atoms with Gasteiger partial charge in [0.1, 0.15) is 5.75 Å². The van der Waals surface area contributed by atoms with Crippen molar-refractivity contribution in [1.29, 1.82) is 0 Å². The highest BCUT2D eigenvalue weighted by Crippen LogP contribution is 2.26. The number of hydrogen-bond donors (Lipinski definition) is 1. The number of sulfone groups is 1. The van der Waals surface area contributed by atoms with E-state index in [4.69, 9.17) is 4.74 Å². The molecule has 1 heterocycles. The molecule has 1 fully saturated rings. The van der Waals surface area contributed by atoms with Crippen molar-refractivity contribution in [2.75, 3.05) is 25.5 Å². The van der Waals surface area contributed by atoms with Gasteiger partial charge in [-0.05, 0) is 61.7 Å². The van der Waals surface area contributed by atoms with E-state index in [0.29, 0.717) is 36.6 Å². The average Bonchev–Trinajstić information content (AvgIpc) is 2.68. The number of benzene rings is 2. The van der Waals surface area contributed by atoms with Crippen LogP contribution in [0.4, 0.5) is 10.5 Å². The maximum atomic E-state index is 12.8. The van der Waals surface area contributed by atoms with Crippen LogP contribution in [0.3, 0.4) is 0 Å². The molecule has 0 atom stereocenters. The summed E-state index contributed by atoms with van der Waals surface area (Å²) in [5.41, 5.74) is 1.81. The smallest absolute Gasteiger partial charge is 0.321 e. The van der Waals surface area contributed by atoms with Crippen molar-refractivity contribution in [2.24, 2.45) is 0 Å². The summed E-state index contributed by atoms with van der Waals surface area (Å²) in [4.78, 5) is 14.4. The van der Waals surface area contributed by atoms with Crippen LogP contribution >= 0.6 is 0 Å². The summed E-state index contributed by atoms with van der Waals surface area (Å²) in [5, 5.41) is 2.40. The van der Waals surface area contributed by atoms with Crippen LogP contribution in [-0.4, -0.2) is 44.8 Å². The minimum absolute atomic E-state index is 0.194. The second kappa shape index (κ2) is 8.00. The van der Waals surface area contributed by atoms with Crippen LogP contribution in [0.15, 0.2) is 53.4 Å². The zero-order valence-corrected chi connectivity index (χ0v) is 16.3. The molecule has 0 aliphatic carbocycles. The second-order valence-corrected chi connectivity index (χ2v) is 8.93. The highest BCUT2D eigenvalue weighted by molar-refractivity contribution is 7.92. The van der Waals surface area contributed by atoms with E-state index in [-0.39, 0.29) is 6.03 Å². The van der Waals surface area contributed by atoms with Gasteiger partial charge in [-0.2, -0.15) is 0 Å². The lowest BCUT2D eigenvalue weighted by Gasteiger charge is -2.31. The zero-order valence-electron chi connectivity index (χ0n) is 15.5. The van der Waals surface area contributed by atoms with Crippen LogP contribution in [0.2, 0.25) is 0 Å². The highest BCUT2D eigenvalue weighted by atomic mass is 32.2. The number of hydrogen-bond acceptors (Lipinski definition) is 4. The molecule has 0 aromatic heterocycles. The number of methoxy groups -OCH3 is 1. The summed E-state index contributed by atoms with van der Waals surface area (Å²) in [7, 11) is -1.87. The van der Waals surface area contributed by atoms with Gasteiger partial charge in [0.15, 0.2) is 9.84 Å². The molecule has 1 aliphatic rings. The van der Waals surface area contributed by atoms with E-state index in [1.807, 2.05) is 31.2 Å². The SMILES string of the molecule is COc1ccc(S(=O)(=O)C2CCN(C(=O)Nc3cccc(C)c3)CC2)cc1. The molecule has 7 heteroatoms. The van der Waals surface area contributed by atoms with Gasteiger partial charge in [-0.25, -0.2) is 13.2 Å². The van der Waals surface area contributed by atoms with Crippen molar-refractivity contribution in [1.82, 2.24) is 4.90 Å². The van der Waals surface area contributed by atoms with Gasteiger partial charge >= 0.3 is 6.03 Å². The number of piperidine rings is 1. The third-order valence-electron chi connectivity index (χ3n) is 4.83. The van der Waals surface area contributed by atoms with E-state index >= 15 is 0 Å². The Hall–Kier alpha value is -2.54. The molecule has 2 amide bonds. The molecular weight excluding hydrogens is 364 g/mol. The number of carbonyl (C=O) groups is 1. The molecule has 27 heavy (non-hydrogen) atoms. The van der Waals surface area contributed by atoms with Crippen LogP contribution in [0, 0.1) is 6.92 Å².